The molecule has 9 heteroatoms. The summed E-state index contributed by atoms with van der Waals surface area (Å²) in [6.07, 6.45) is 4.48. The Labute approximate surface area is 185 Å². The van der Waals surface area contributed by atoms with Gasteiger partial charge in [0, 0.05) is 56.8 Å². The number of hydrogen-bond acceptors (Lipinski definition) is 6. The van der Waals surface area contributed by atoms with Gasteiger partial charge < -0.3 is 19.5 Å². The van der Waals surface area contributed by atoms with Crippen molar-refractivity contribution in [3.63, 3.8) is 0 Å². The zero-order valence-electron chi connectivity index (χ0n) is 18.1. The molecule has 0 unspecified atom stereocenters. The first kappa shape index (κ1) is 21.0. The van der Waals surface area contributed by atoms with Crippen molar-refractivity contribution >= 4 is 23.2 Å². The van der Waals surface area contributed by atoms with E-state index in [0.29, 0.717) is 24.6 Å². The zero-order valence-corrected chi connectivity index (χ0v) is 18.1. The van der Waals surface area contributed by atoms with Gasteiger partial charge in [0.25, 0.3) is 0 Å². The van der Waals surface area contributed by atoms with Crippen molar-refractivity contribution < 1.29 is 13.5 Å². The van der Waals surface area contributed by atoms with Gasteiger partial charge in [-0.3, -0.25) is 9.98 Å². The lowest BCUT2D eigenvalue weighted by Crippen LogP contribution is -2.58. The number of hydrogen-bond donors (Lipinski definition) is 1. The Morgan fingerprint density at radius 1 is 1.31 bits per heavy atom. The molecular weight excluding hydrogens is 414 g/mol. The van der Waals surface area contributed by atoms with Gasteiger partial charge in [-0.1, -0.05) is 6.07 Å². The van der Waals surface area contributed by atoms with E-state index in [2.05, 4.69) is 25.2 Å². The van der Waals surface area contributed by atoms with Gasteiger partial charge in [-0.25, -0.2) is 13.8 Å². The minimum atomic E-state index is -0.663. The molecule has 3 aromatic rings. The molecule has 0 aliphatic carbocycles. The van der Waals surface area contributed by atoms with Crippen LogP contribution in [0.25, 0.3) is 11.0 Å². The number of morpholine rings is 1. The molecule has 2 aliphatic rings. The van der Waals surface area contributed by atoms with E-state index >= 15 is 0 Å². The van der Waals surface area contributed by atoms with Crippen LogP contribution in [0.4, 0.5) is 14.7 Å². The van der Waals surface area contributed by atoms with Crippen LogP contribution in [-0.2, 0) is 4.74 Å². The van der Waals surface area contributed by atoms with Gasteiger partial charge in [0.1, 0.15) is 11.3 Å². The highest BCUT2D eigenvalue weighted by atomic mass is 19.1. The van der Waals surface area contributed by atoms with Crippen molar-refractivity contribution in [1.29, 1.82) is 0 Å². The number of rotatable bonds is 4. The molecule has 2 saturated heterocycles. The lowest BCUT2D eigenvalue weighted by molar-refractivity contribution is -0.0137. The number of anilines is 1. The van der Waals surface area contributed by atoms with E-state index in [1.807, 2.05) is 23.6 Å². The van der Waals surface area contributed by atoms with E-state index in [-0.39, 0.29) is 23.7 Å². The Balaban J connectivity index is 1.58. The number of nitrogens with zero attached hydrogens (tertiary/aromatic N) is 5. The van der Waals surface area contributed by atoms with Crippen LogP contribution in [0.1, 0.15) is 30.6 Å². The summed E-state index contributed by atoms with van der Waals surface area (Å²) in [5, 5.41) is 3.51. The van der Waals surface area contributed by atoms with E-state index in [0.717, 1.165) is 36.8 Å². The third-order valence-electron chi connectivity index (χ3n) is 6.27. The third kappa shape index (κ3) is 3.75. The Morgan fingerprint density at radius 3 is 2.97 bits per heavy atom. The van der Waals surface area contributed by atoms with Gasteiger partial charge in [-0.2, -0.15) is 0 Å². The lowest BCUT2D eigenvalue weighted by Gasteiger charge is -2.42. The molecule has 0 saturated carbocycles. The minimum absolute atomic E-state index is 0.165. The topological polar surface area (TPSA) is 67.6 Å². The molecule has 168 valence electrons. The number of pyridine rings is 1. The number of nitrogens with one attached hydrogen (secondary N) is 1. The van der Waals surface area contributed by atoms with Crippen molar-refractivity contribution in [3.8, 4) is 0 Å². The SMILES string of the molecule is C/N=C/c1ccc([C@@H](C)n2c(N3CC[C@@H]4OCCN[C@H]4C3)nc3c(F)cc(F)cc32)nc1. The molecule has 2 aliphatic heterocycles. The van der Waals surface area contributed by atoms with Gasteiger partial charge in [0.2, 0.25) is 5.95 Å². The van der Waals surface area contributed by atoms with Crippen molar-refractivity contribution in [2.75, 3.05) is 38.2 Å². The first-order chi connectivity index (χ1) is 15.5. The maximum Gasteiger partial charge on any atom is 0.207 e. The molecule has 1 aromatic carbocycles. The second-order valence-electron chi connectivity index (χ2n) is 8.32. The van der Waals surface area contributed by atoms with E-state index in [1.165, 1.54) is 6.07 Å². The fourth-order valence-corrected chi connectivity index (χ4v) is 4.70. The van der Waals surface area contributed by atoms with Crippen LogP contribution in [0, 0.1) is 11.6 Å². The fourth-order valence-electron chi connectivity index (χ4n) is 4.70. The quantitative estimate of drug-likeness (QED) is 0.632. The highest BCUT2D eigenvalue weighted by molar-refractivity contribution is 5.80. The second kappa shape index (κ2) is 8.55. The molecule has 3 atom stereocenters. The summed E-state index contributed by atoms with van der Waals surface area (Å²) in [5.41, 5.74) is 2.25. The standard InChI is InChI=1S/C23H26F2N6O/c1-14(18-4-3-15(11-26-2)12-28-18)31-20-10-16(24)9-17(25)22(20)29-23(31)30-7-5-21-19(13-30)27-6-8-32-21/h3-4,9-12,14,19,21,27H,5-8,13H2,1-2H3/b26-11+/t14-,19+,21+/m1/s1. The highest BCUT2D eigenvalue weighted by Gasteiger charge is 2.35. The molecule has 0 radical (unpaired) electrons. The number of halogens is 2. The van der Waals surface area contributed by atoms with Gasteiger partial charge in [-0.15, -0.1) is 0 Å². The number of benzene rings is 1. The smallest absolute Gasteiger partial charge is 0.207 e. The number of aromatic nitrogens is 3. The first-order valence-corrected chi connectivity index (χ1v) is 10.9. The highest BCUT2D eigenvalue weighted by Crippen LogP contribution is 2.33. The van der Waals surface area contributed by atoms with Gasteiger partial charge in [0.05, 0.1) is 36.0 Å². The Morgan fingerprint density at radius 2 is 2.19 bits per heavy atom. The molecular formula is C23H26F2N6O. The van der Waals surface area contributed by atoms with Crippen LogP contribution in [0.5, 0.6) is 0 Å². The Hall–Kier alpha value is -2.91. The van der Waals surface area contributed by atoms with E-state index in [4.69, 9.17) is 4.74 Å². The minimum Gasteiger partial charge on any atom is -0.375 e. The molecule has 0 spiro atoms. The third-order valence-corrected chi connectivity index (χ3v) is 6.27. The van der Waals surface area contributed by atoms with Crippen molar-refractivity contribution in [2.24, 2.45) is 4.99 Å². The Kier molecular flexibility index (Phi) is 5.60. The van der Waals surface area contributed by atoms with Crippen molar-refractivity contribution in [2.45, 2.75) is 31.5 Å². The van der Waals surface area contributed by atoms with E-state index in [9.17, 15) is 8.78 Å². The summed E-state index contributed by atoms with van der Waals surface area (Å²) in [6, 6.07) is 5.97. The average Bonchev–Trinajstić information content (AvgIpc) is 3.19. The maximum absolute atomic E-state index is 14.7. The average molecular weight is 440 g/mol. The van der Waals surface area contributed by atoms with Crippen LogP contribution in [0.3, 0.4) is 0 Å². The predicted octanol–water partition coefficient (Wildman–Crippen LogP) is 2.93. The summed E-state index contributed by atoms with van der Waals surface area (Å²) >= 11 is 0. The van der Waals surface area contributed by atoms with Crippen molar-refractivity contribution in [1.82, 2.24) is 19.9 Å². The van der Waals surface area contributed by atoms with Gasteiger partial charge in [-0.05, 0) is 19.4 Å². The van der Waals surface area contributed by atoms with Crippen LogP contribution in [-0.4, -0.2) is 66.2 Å². The van der Waals surface area contributed by atoms with Crippen molar-refractivity contribution in [3.05, 3.63) is 53.4 Å². The second-order valence-corrected chi connectivity index (χ2v) is 8.32. The van der Waals surface area contributed by atoms with E-state index in [1.54, 1.807) is 19.5 Å². The molecule has 1 N–H and O–H groups in total. The summed E-state index contributed by atoms with van der Waals surface area (Å²) in [4.78, 5) is 15.4. The fraction of sp³-hybridized carbons (Fsp3) is 0.435. The van der Waals surface area contributed by atoms with Crippen LogP contribution in [0.15, 0.2) is 35.5 Å². The molecule has 0 bridgehead atoms. The summed E-state index contributed by atoms with van der Waals surface area (Å²) in [6.45, 7) is 4.90. The van der Waals surface area contributed by atoms with Crippen LogP contribution in [0.2, 0.25) is 0 Å². The number of piperidine rings is 1. The van der Waals surface area contributed by atoms with Gasteiger partial charge >= 0.3 is 0 Å². The number of imidazole rings is 1. The monoisotopic (exact) mass is 440 g/mol. The van der Waals surface area contributed by atoms with E-state index < -0.39 is 11.6 Å². The predicted molar refractivity (Wildman–Crippen MR) is 120 cm³/mol. The molecule has 7 nitrogen and oxygen atoms in total. The molecule has 32 heavy (non-hydrogen) atoms. The molecule has 4 heterocycles. The largest absolute Gasteiger partial charge is 0.375 e. The van der Waals surface area contributed by atoms with Gasteiger partial charge in [0.15, 0.2) is 5.82 Å². The number of aliphatic imine (C=N–C) groups is 1. The summed E-state index contributed by atoms with van der Waals surface area (Å²) < 4.78 is 36.7. The summed E-state index contributed by atoms with van der Waals surface area (Å²) in [5.74, 6) is -0.675. The molecule has 2 aromatic heterocycles. The normalized spacial score (nSPS) is 22.4. The van der Waals surface area contributed by atoms with Crippen LogP contribution >= 0.6 is 0 Å². The first-order valence-electron chi connectivity index (χ1n) is 10.9. The van der Waals surface area contributed by atoms with Crippen LogP contribution < -0.4 is 10.2 Å². The molecule has 2 fully saturated rings. The number of ether oxygens (including phenoxy) is 1. The zero-order chi connectivity index (χ0) is 22.2. The molecule has 5 rings (SSSR count). The maximum atomic E-state index is 14.7. The molecule has 0 amide bonds. The lowest BCUT2D eigenvalue weighted by atomic mass is 10.0. The summed E-state index contributed by atoms with van der Waals surface area (Å²) in [7, 11) is 1.71. The number of fused-ring (bicyclic) bond motifs is 2. The Bertz CT molecular complexity index is 1150.